The fraction of sp³-hybridized carbons (Fsp3) is 0.188. The van der Waals surface area contributed by atoms with Crippen molar-refractivity contribution in [3.63, 3.8) is 0 Å². The zero-order chi connectivity index (χ0) is 17.7. The predicted octanol–water partition coefficient (Wildman–Crippen LogP) is 5.75. The van der Waals surface area contributed by atoms with Crippen LogP contribution in [-0.2, 0) is 6.54 Å². The number of nitrogens with one attached hydrogen (secondary N) is 1. The lowest BCUT2D eigenvalue weighted by molar-refractivity contribution is -0.138. The van der Waals surface area contributed by atoms with Crippen molar-refractivity contribution in [2.24, 2.45) is 0 Å². The minimum absolute atomic E-state index is 0.0252. The zero-order valence-electron chi connectivity index (χ0n) is 12.3. The van der Waals surface area contributed by atoms with Crippen LogP contribution in [0.25, 0.3) is 0 Å². The Balaban J connectivity index is 2.17. The van der Waals surface area contributed by atoms with Crippen LogP contribution in [0.1, 0.15) is 5.56 Å². The summed E-state index contributed by atoms with van der Waals surface area (Å²) in [6, 6.07) is 13.4. The first-order valence-corrected chi connectivity index (χ1v) is 8.03. The molecule has 2 aromatic rings. The number of anilines is 1. The molecular formula is C16H13Cl2F3N2S. The molecule has 0 bridgehead atoms. The lowest BCUT2D eigenvalue weighted by atomic mass is 10.2. The molecule has 0 heterocycles. The van der Waals surface area contributed by atoms with E-state index in [4.69, 9.17) is 35.4 Å². The maximum atomic E-state index is 12.9. The normalized spacial score (nSPS) is 11.2. The minimum atomic E-state index is -4.38. The van der Waals surface area contributed by atoms with Gasteiger partial charge in [0.05, 0.1) is 10.7 Å². The van der Waals surface area contributed by atoms with Crippen molar-refractivity contribution in [2.45, 2.75) is 12.7 Å². The average molecular weight is 393 g/mol. The summed E-state index contributed by atoms with van der Waals surface area (Å²) in [4.78, 5) is 1.04. The quantitative estimate of drug-likeness (QED) is 0.666. The second-order valence-corrected chi connectivity index (χ2v) is 6.24. The Morgan fingerprint density at radius 2 is 1.75 bits per heavy atom. The van der Waals surface area contributed by atoms with Gasteiger partial charge in [0, 0.05) is 11.6 Å². The first-order valence-electron chi connectivity index (χ1n) is 6.86. The minimum Gasteiger partial charge on any atom is -0.336 e. The number of hydrogen-bond donors (Lipinski definition) is 1. The highest BCUT2D eigenvalue weighted by Gasteiger charge is 2.32. The van der Waals surface area contributed by atoms with E-state index in [-0.39, 0.29) is 16.7 Å². The van der Waals surface area contributed by atoms with Crippen molar-refractivity contribution < 1.29 is 13.2 Å². The van der Waals surface area contributed by atoms with Gasteiger partial charge in [0.25, 0.3) is 0 Å². The van der Waals surface area contributed by atoms with Crippen LogP contribution in [0.4, 0.5) is 18.9 Å². The topological polar surface area (TPSA) is 15.3 Å². The molecule has 0 amide bonds. The molecule has 0 atom stereocenters. The van der Waals surface area contributed by atoms with Gasteiger partial charge in [0.2, 0.25) is 0 Å². The van der Waals surface area contributed by atoms with E-state index in [1.54, 1.807) is 42.5 Å². The third-order valence-corrected chi connectivity index (χ3v) is 3.95. The van der Waals surface area contributed by atoms with Crippen molar-refractivity contribution in [1.82, 2.24) is 4.90 Å². The first-order chi connectivity index (χ1) is 11.2. The van der Waals surface area contributed by atoms with Crippen LogP contribution >= 0.6 is 35.4 Å². The van der Waals surface area contributed by atoms with Gasteiger partial charge in [-0.25, -0.2) is 0 Å². The van der Waals surface area contributed by atoms with Gasteiger partial charge in [-0.1, -0.05) is 53.5 Å². The van der Waals surface area contributed by atoms with Gasteiger partial charge in [-0.3, -0.25) is 0 Å². The smallest absolute Gasteiger partial charge is 0.336 e. The van der Waals surface area contributed by atoms with E-state index < -0.39 is 12.7 Å². The largest absolute Gasteiger partial charge is 0.406 e. The van der Waals surface area contributed by atoms with Crippen LogP contribution < -0.4 is 5.32 Å². The summed E-state index contributed by atoms with van der Waals surface area (Å²) in [5, 5.41) is 3.38. The molecule has 0 aliphatic rings. The number of halogens is 5. The Labute approximate surface area is 153 Å². The Kier molecular flexibility index (Phi) is 6.32. The van der Waals surface area contributed by atoms with Crippen molar-refractivity contribution in [2.75, 3.05) is 11.9 Å². The molecule has 24 heavy (non-hydrogen) atoms. The fourth-order valence-corrected chi connectivity index (χ4v) is 2.70. The molecule has 2 rings (SSSR count). The average Bonchev–Trinajstić information content (AvgIpc) is 2.49. The highest BCUT2D eigenvalue weighted by Crippen LogP contribution is 2.26. The molecule has 0 aliphatic heterocycles. The third-order valence-electron chi connectivity index (χ3n) is 3.05. The van der Waals surface area contributed by atoms with Crippen LogP contribution in [0.2, 0.25) is 10.0 Å². The molecule has 0 unspecified atom stereocenters. The maximum Gasteiger partial charge on any atom is 0.406 e. The lowest BCUT2D eigenvalue weighted by Gasteiger charge is -2.27. The zero-order valence-corrected chi connectivity index (χ0v) is 14.6. The monoisotopic (exact) mass is 392 g/mol. The van der Waals surface area contributed by atoms with Gasteiger partial charge in [-0.05, 0) is 36.0 Å². The number of benzene rings is 2. The molecule has 0 saturated carbocycles. The van der Waals surface area contributed by atoms with Crippen molar-refractivity contribution >= 4 is 46.2 Å². The Morgan fingerprint density at radius 1 is 1.08 bits per heavy atom. The number of nitrogens with zero attached hydrogens (tertiary/aromatic N) is 1. The lowest BCUT2D eigenvalue weighted by Crippen LogP contribution is -2.40. The van der Waals surface area contributed by atoms with E-state index >= 15 is 0 Å². The van der Waals surface area contributed by atoms with Crippen LogP contribution in [0.15, 0.2) is 48.5 Å². The van der Waals surface area contributed by atoms with Gasteiger partial charge in [0.15, 0.2) is 5.11 Å². The highest BCUT2D eigenvalue weighted by molar-refractivity contribution is 7.80. The second kappa shape index (κ2) is 8.05. The summed E-state index contributed by atoms with van der Waals surface area (Å²) < 4.78 is 38.6. The van der Waals surface area contributed by atoms with E-state index in [0.717, 1.165) is 4.90 Å². The van der Waals surface area contributed by atoms with Crippen LogP contribution in [-0.4, -0.2) is 22.7 Å². The number of rotatable bonds is 4. The summed E-state index contributed by atoms with van der Waals surface area (Å²) in [5.74, 6) is 0. The molecule has 0 fully saturated rings. The van der Waals surface area contributed by atoms with Gasteiger partial charge >= 0.3 is 6.18 Å². The number of hydrogen-bond acceptors (Lipinski definition) is 1. The standard InChI is InChI=1S/C16H13Cl2F3N2S/c17-12-6-7-14(13(18)8-12)22-15(24)23(10-16(19,20)21)9-11-4-2-1-3-5-11/h1-8H,9-10H2,(H,22,24). The SMILES string of the molecule is FC(F)(F)CN(Cc1ccccc1)C(=S)Nc1ccc(Cl)cc1Cl. The fourth-order valence-electron chi connectivity index (χ4n) is 2.00. The molecule has 0 radical (unpaired) electrons. The molecule has 2 nitrogen and oxygen atoms in total. The predicted molar refractivity (Wildman–Crippen MR) is 95.6 cm³/mol. The molecule has 0 saturated heterocycles. The van der Waals surface area contributed by atoms with Crippen molar-refractivity contribution in [3.05, 3.63) is 64.1 Å². The molecule has 0 aliphatic carbocycles. The Bertz CT molecular complexity index is 708. The summed E-state index contributed by atoms with van der Waals surface area (Å²) in [6.45, 7) is -1.14. The summed E-state index contributed by atoms with van der Waals surface area (Å²) in [7, 11) is 0. The highest BCUT2D eigenvalue weighted by atomic mass is 35.5. The van der Waals surface area contributed by atoms with Gasteiger partial charge in [-0.2, -0.15) is 13.2 Å². The van der Waals surface area contributed by atoms with Gasteiger partial charge < -0.3 is 10.2 Å². The van der Waals surface area contributed by atoms with Crippen LogP contribution in [0.3, 0.4) is 0 Å². The summed E-state index contributed by atoms with van der Waals surface area (Å²) >= 11 is 17.0. The summed E-state index contributed by atoms with van der Waals surface area (Å²) in [6.07, 6.45) is -4.38. The number of alkyl halides is 3. The molecule has 2 aromatic carbocycles. The van der Waals surface area contributed by atoms with Gasteiger partial charge in [-0.15, -0.1) is 0 Å². The maximum absolute atomic E-state index is 12.9. The molecule has 0 spiro atoms. The van der Waals surface area contributed by atoms with E-state index in [9.17, 15) is 13.2 Å². The number of thiocarbonyl (C=S) groups is 1. The Hall–Kier alpha value is -1.50. The Morgan fingerprint density at radius 3 is 2.33 bits per heavy atom. The van der Waals surface area contributed by atoms with Crippen LogP contribution in [0, 0.1) is 0 Å². The molecule has 1 N–H and O–H groups in total. The van der Waals surface area contributed by atoms with E-state index in [2.05, 4.69) is 5.32 Å². The van der Waals surface area contributed by atoms with E-state index in [1.807, 2.05) is 0 Å². The molecule has 8 heteroatoms. The third kappa shape index (κ3) is 5.85. The van der Waals surface area contributed by atoms with Crippen LogP contribution in [0.5, 0.6) is 0 Å². The van der Waals surface area contributed by atoms with E-state index in [0.29, 0.717) is 16.3 Å². The molecular weight excluding hydrogens is 380 g/mol. The van der Waals surface area contributed by atoms with E-state index in [1.165, 1.54) is 6.07 Å². The van der Waals surface area contributed by atoms with Crippen molar-refractivity contribution in [3.8, 4) is 0 Å². The summed E-state index contributed by atoms with van der Waals surface area (Å²) in [5.41, 5.74) is 1.11. The molecule has 128 valence electrons. The van der Waals surface area contributed by atoms with Gasteiger partial charge in [0.1, 0.15) is 6.54 Å². The molecule has 0 aromatic heterocycles. The first kappa shape index (κ1) is 18.8. The second-order valence-electron chi connectivity index (χ2n) is 5.01. The van der Waals surface area contributed by atoms with Crippen molar-refractivity contribution in [1.29, 1.82) is 0 Å².